The van der Waals surface area contributed by atoms with Gasteiger partial charge in [-0.25, -0.2) is 0 Å². The number of carboxylic acids is 1. The first-order chi connectivity index (χ1) is 12.6. The number of nitrogens with one attached hydrogen (secondary N) is 1. The molecule has 2 aromatic carbocycles. The molecule has 0 aliphatic carbocycles. The lowest BCUT2D eigenvalue weighted by atomic mass is 10.0. The van der Waals surface area contributed by atoms with Crippen LogP contribution in [0, 0.1) is 6.92 Å². The zero-order chi connectivity index (χ0) is 18.4. The molecule has 0 fully saturated rings. The van der Waals surface area contributed by atoms with Gasteiger partial charge in [-0.1, -0.05) is 42.5 Å². The summed E-state index contributed by atoms with van der Waals surface area (Å²) in [5.41, 5.74) is 4.41. The van der Waals surface area contributed by atoms with Crippen molar-refractivity contribution < 1.29 is 9.90 Å². The highest BCUT2D eigenvalue weighted by Gasteiger charge is 2.12. The number of carbonyl (C=O) groups is 1. The zero-order valence-corrected chi connectivity index (χ0v) is 15.0. The van der Waals surface area contributed by atoms with Gasteiger partial charge in [-0.15, -0.1) is 0 Å². The van der Waals surface area contributed by atoms with Gasteiger partial charge in [0, 0.05) is 30.1 Å². The smallest absolute Gasteiger partial charge is 0.303 e. The number of hydrogen-bond donors (Lipinski definition) is 2. The lowest BCUT2D eigenvalue weighted by Gasteiger charge is -2.18. The monoisotopic (exact) mass is 348 g/mol. The molecule has 0 radical (unpaired) electrons. The number of aliphatic carboxylic acids is 1. The SMILES string of the molecule is Cc1ccc2cc(CNC(CCC(=O)O)Cc3ccccc3)ccc2n1. The van der Waals surface area contributed by atoms with Gasteiger partial charge < -0.3 is 10.4 Å². The summed E-state index contributed by atoms with van der Waals surface area (Å²) >= 11 is 0. The summed E-state index contributed by atoms with van der Waals surface area (Å²) in [4.78, 5) is 15.5. The van der Waals surface area contributed by atoms with Gasteiger partial charge in [0.15, 0.2) is 0 Å². The summed E-state index contributed by atoms with van der Waals surface area (Å²) in [5.74, 6) is -0.753. The molecule has 1 heterocycles. The maximum absolute atomic E-state index is 11.0. The van der Waals surface area contributed by atoms with Crippen LogP contribution in [-0.2, 0) is 17.8 Å². The quantitative estimate of drug-likeness (QED) is 0.643. The second-order valence-corrected chi connectivity index (χ2v) is 6.68. The van der Waals surface area contributed by atoms with Gasteiger partial charge in [0.05, 0.1) is 5.52 Å². The van der Waals surface area contributed by atoms with Gasteiger partial charge >= 0.3 is 5.97 Å². The molecule has 134 valence electrons. The third-order valence-electron chi connectivity index (χ3n) is 4.52. The lowest BCUT2D eigenvalue weighted by molar-refractivity contribution is -0.137. The minimum absolute atomic E-state index is 0.125. The highest BCUT2D eigenvalue weighted by atomic mass is 16.4. The van der Waals surface area contributed by atoms with Crippen molar-refractivity contribution in [3.8, 4) is 0 Å². The second kappa shape index (κ2) is 8.59. The minimum atomic E-state index is -0.753. The number of nitrogens with zero attached hydrogens (tertiary/aromatic N) is 1. The molecular formula is C22H24N2O2. The first-order valence-electron chi connectivity index (χ1n) is 8.95. The molecule has 1 unspecified atom stereocenters. The van der Waals surface area contributed by atoms with E-state index in [1.165, 1.54) is 11.1 Å². The van der Waals surface area contributed by atoms with Crippen LogP contribution in [0.15, 0.2) is 60.7 Å². The van der Waals surface area contributed by atoms with Crippen LogP contribution in [0.3, 0.4) is 0 Å². The maximum atomic E-state index is 11.0. The Balaban J connectivity index is 1.67. The van der Waals surface area contributed by atoms with E-state index in [0.717, 1.165) is 23.0 Å². The Morgan fingerprint density at radius 3 is 2.65 bits per heavy atom. The lowest BCUT2D eigenvalue weighted by Crippen LogP contribution is -2.31. The molecule has 0 saturated carbocycles. The number of rotatable bonds is 8. The van der Waals surface area contributed by atoms with Crippen LogP contribution in [0.4, 0.5) is 0 Å². The van der Waals surface area contributed by atoms with E-state index in [-0.39, 0.29) is 12.5 Å². The standard InChI is InChI=1S/C22H24N2O2/c1-16-7-9-19-13-18(8-11-21(19)24-16)15-23-20(10-12-22(25)26)14-17-5-3-2-4-6-17/h2-9,11,13,20,23H,10,12,14-15H2,1H3,(H,25,26). The summed E-state index contributed by atoms with van der Waals surface area (Å²) in [6, 6.07) is 20.7. The van der Waals surface area contributed by atoms with Gasteiger partial charge in [-0.3, -0.25) is 9.78 Å². The largest absolute Gasteiger partial charge is 0.481 e. The molecular weight excluding hydrogens is 324 g/mol. The molecule has 0 spiro atoms. The summed E-state index contributed by atoms with van der Waals surface area (Å²) in [7, 11) is 0. The fourth-order valence-electron chi connectivity index (χ4n) is 3.12. The Hall–Kier alpha value is -2.72. The number of benzene rings is 2. The summed E-state index contributed by atoms with van der Waals surface area (Å²) in [6.45, 7) is 2.70. The fraction of sp³-hybridized carbons (Fsp3) is 0.273. The third kappa shape index (κ3) is 5.14. The topological polar surface area (TPSA) is 62.2 Å². The third-order valence-corrected chi connectivity index (χ3v) is 4.52. The van der Waals surface area contributed by atoms with Gasteiger partial charge in [0.25, 0.3) is 0 Å². The molecule has 1 aromatic heterocycles. The number of pyridine rings is 1. The Morgan fingerprint density at radius 2 is 1.88 bits per heavy atom. The van der Waals surface area contributed by atoms with Crippen molar-refractivity contribution in [2.45, 2.75) is 38.8 Å². The Morgan fingerprint density at radius 1 is 1.08 bits per heavy atom. The Labute approximate surface area is 153 Å². The molecule has 0 aliphatic rings. The van der Waals surface area contributed by atoms with Crippen molar-refractivity contribution in [2.24, 2.45) is 0 Å². The van der Waals surface area contributed by atoms with Crippen LogP contribution < -0.4 is 5.32 Å². The van der Waals surface area contributed by atoms with Crippen molar-refractivity contribution in [3.05, 3.63) is 77.5 Å². The van der Waals surface area contributed by atoms with Crippen LogP contribution in [0.5, 0.6) is 0 Å². The molecule has 0 bridgehead atoms. The number of carboxylic acid groups (broad SMARTS) is 1. The van der Waals surface area contributed by atoms with Crippen LogP contribution in [0.25, 0.3) is 10.9 Å². The fourth-order valence-corrected chi connectivity index (χ4v) is 3.12. The molecule has 3 aromatic rings. The average molecular weight is 348 g/mol. The predicted molar refractivity (Wildman–Crippen MR) is 104 cm³/mol. The van der Waals surface area contributed by atoms with Crippen LogP contribution in [0.1, 0.15) is 29.7 Å². The summed E-state index contributed by atoms with van der Waals surface area (Å²) in [6.07, 6.45) is 1.60. The average Bonchev–Trinajstić information content (AvgIpc) is 2.64. The number of aromatic nitrogens is 1. The van der Waals surface area contributed by atoms with E-state index in [1.54, 1.807) is 0 Å². The molecule has 2 N–H and O–H groups in total. The molecule has 0 aliphatic heterocycles. The molecule has 26 heavy (non-hydrogen) atoms. The van der Waals surface area contributed by atoms with Crippen LogP contribution in [0.2, 0.25) is 0 Å². The van der Waals surface area contributed by atoms with E-state index in [1.807, 2.05) is 37.3 Å². The maximum Gasteiger partial charge on any atom is 0.303 e. The highest BCUT2D eigenvalue weighted by Crippen LogP contribution is 2.16. The first kappa shape index (κ1) is 18.1. The molecule has 1 atom stereocenters. The van der Waals surface area contributed by atoms with E-state index < -0.39 is 5.97 Å². The summed E-state index contributed by atoms with van der Waals surface area (Å²) < 4.78 is 0. The van der Waals surface area contributed by atoms with Gasteiger partial charge in [0.2, 0.25) is 0 Å². The molecule has 0 amide bonds. The van der Waals surface area contributed by atoms with Crippen molar-refractivity contribution in [2.75, 3.05) is 0 Å². The molecule has 4 heteroatoms. The molecule has 3 rings (SSSR count). The van der Waals surface area contributed by atoms with Gasteiger partial charge in [0.1, 0.15) is 0 Å². The van der Waals surface area contributed by atoms with E-state index >= 15 is 0 Å². The highest BCUT2D eigenvalue weighted by molar-refractivity contribution is 5.79. The van der Waals surface area contributed by atoms with Crippen molar-refractivity contribution in [1.82, 2.24) is 10.3 Å². The number of hydrogen-bond acceptors (Lipinski definition) is 3. The van der Waals surface area contributed by atoms with Crippen molar-refractivity contribution in [1.29, 1.82) is 0 Å². The summed E-state index contributed by atoms with van der Waals surface area (Å²) in [5, 5.41) is 13.7. The number of fused-ring (bicyclic) bond motifs is 1. The van der Waals surface area contributed by atoms with E-state index in [0.29, 0.717) is 13.0 Å². The zero-order valence-electron chi connectivity index (χ0n) is 15.0. The second-order valence-electron chi connectivity index (χ2n) is 6.68. The number of aryl methyl sites for hydroxylation is 1. The Kier molecular flexibility index (Phi) is 5.97. The Bertz CT molecular complexity index is 878. The van der Waals surface area contributed by atoms with E-state index in [9.17, 15) is 4.79 Å². The van der Waals surface area contributed by atoms with Crippen LogP contribution >= 0.6 is 0 Å². The van der Waals surface area contributed by atoms with Gasteiger partial charge in [-0.05, 0) is 49.1 Å². The first-order valence-corrected chi connectivity index (χ1v) is 8.95. The normalized spacial score (nSPS) is 12.2. The molecule has 4 nitrogen and oxygen atoms in total. The van der Waals surface area contributed by atoms with E-state index in [4.69, 9.17) is 5.11 Å². The predicted octanol–water partition coefficient (Wildman–Crippen LogP) is 4.11. The van der Waals surface area contributed by atoms with E-state index in [2.05, 4.69) is 40.6 Å². The van der Waals surface area contributed by atoms with Crippen LogP contribution in [-0.4, -0.2) is 22.1 Å². The minimum Gasteiger partial charge on any atom is -0.481 e. The van der Waals surface area contributed by atoms with Gasteiger partial charge in [-0.2, -0.15) is 0 Å². The van der Waals surface area contributed by atoms with Crippen molar-refractivity contribution in [3.63, 3.8) is 0 Å². The molecule has 0 saturated heterocycles. The van der Waals surface area contributed by atoms with Crippen molar-refractivity contribution >= 4 is 16.9 Å².